The second kappa shape index (κ2) is 7.19. The summed E-state index contributed by atoms with van der Waals surface area (Å²) in [6, 6.07) is 11.1. The maximum Gasteiger partial charge on any atom is 0.235 e. The van der Waals surface area contributed by atoms with E-state index in [1.54, 1.807) is 12.4 Å². The number of pyridine rings is 1. The lowest BCUT2D eigenvalue weighted by atomic mass is 10.2. The highest BCUT2D eigenvalue weighted by Crippen LogP contribution is 2.23. The molecule has 0 fully saturated rings. The van der Waals surface area contributed by atoms with Crippen LogP contribution in [0.3, 0.4) is 0 Å². The molecule has 0 aliphatic heterocycles. The summed E-state index contributed by atoms with van der Waals surface area (Å²) in [5.41, 5.74) is 1.76. The van der Waals surface area contributed by atoms with E-state index in [4.69, 9.17) is 11.6 Å². The smallest absolute Gasteiger partial charge is 0.235 e. The molecule has 0 unspecified atom stereocenters. The molecule has 0 saturated heterocycles. The fourth-order valence-corrected chi connectivity index (χ4v) is 3.20. The third-order valence-corrected chi connectivity index (χ3v) is 4.69. The first kappa shape index (κ1) is 16.6. The predicted octanol–water partition coefficient (Wildman–Crippen LogP) is 3.73. The van der Waals surface area contributed by atoms with Crippen LogP contribution in [0.1, 0.15) is 0 Å². The van der Waals surface area contributed by atoms with E-state index in [1.165, 1.54) is 11.8 Å². The van der Waals surface area contributed by atoms with Crippen LogP contribution in [0.5, 0.6) is 0 Å². The van der Waals surface area contributed by atoms with Crippen molar-refractivity contribution in [3.8, 4) is 11.4 Å². The largest absolute Gasteiger partial charge is 0.341 e. The number of amides is 1. The zero-order chi connectivity index (χ0) is 17.9. The predicted molar refractivity (Wildman–Crippen MR) is 102 cm³/mol. The van der Waals surface area contributed by atoms with Crippen LogP contribution in [0.15, 0.2) is 53.9 Å². The Hall–Kier alpha value is -2.84. The Morgan fingerprint density at radius 1 is 1.19 bits per heavy atom. The number of hydrogen-bond donors (Lipinski definition) is 3. The molecule has 26 heavy (non-hydrogen) atoms. The van der Waals surface area contributed by atoms with Crippen LogP contribution in [0.4, 0.5) is 5.82 Å². The molecule has 3 N–H and O–H groups in total. The fraction of sp³-hybridized carbons (Fsp3) is 0.0588. The molecule has 1 aromatic carbocycles. The number of thioether (sulfide) groups is 1. The molecule has 0 atom stereocenters. The van der Waals surface area contributed by atoms with Gasteiger partial charge in [-0.05, 0) is 30.3 Å². The Morgan fingerprint density at radius 3 is 2.88 bits per heavy atom. The number of nitrogens with one attached hydrogen (secondary N) is 3. The highest BCUT2D eigenvalue weighted by molar-refractivity contribution is 7.99. The van der Waals surface area contributed by atoms with Crippen LogP contribution in [0.2, 0.25) is 5.02 Å². The Kier molecular flexibility index (Phi) is 4.59. The number of halogens is 1. The van der Waals surface area contributed by atoms with Crippen molar-refractivity contribution in [1.29, 1.82) is 0 Å². The van der Waals surface area contributed by atoms with Crippen LogP contribution in [-0.4, -0.2) is 36.8 Å². The molecule has 3 aromatic heterocycles. The summed E-state index contributed by atoms with van der Waals surface area (Å²) < 4.78 is 0. The topological polar surface area (TPSA) is 99.3 Å². The molecule has 3 heterocycles. The van der Waals surface area contributed by atoms with Gasteiger partial charge in [0.1, 0.15) is 5.82 Å². The van der Waals surface area contributed by atoms with Crippen molar-refractivity contribution in [3.05, 3.63) is 53.8 Å². The van der Waals surface area contributed by atoms with E-state index in [0.29, 0.717) is 21.8 Å². The number of aromatic amines is 2. The molecule has 7 nitrogen and oxygen atoms in total. The van der Waals surface area contributed by atoms with Gasteiger partial charge in [0.2, 0.25) is 11.1 Å². The fourth-order valence-electron chi connectivity index (χ4n) is 2.43. The van der Waals surface area contributed by atoms with Gasteiger partial charge in [0.25, 0.3) is 0 Å². The van der Waals surface area contributed by atoms with Gasteiger partial charge in [0, 0.05) is 33.9 Å². The van der Waals surface area contributed by atoms with Gasteiger partial charge >= 0.3 is 0 Å². The van der Waals surface area contributed by atoms with Crippen LogP contribution in [0.25, 0.3) is 22.3 Å². The number of hydrogen-bond acceptors (Lipinski definition) is 5. The van der Waals surface area contributed by atoms with Crippen LogP contribution in [-0.2, 0) is 4.79 Å². The third-order valence-electron chi connectivity index (χ3n) is 3.61. The first-order chi connectivity index (χ1) is 12.7. The molecule has 0 bridgehead atoms. The van der Waals surface area contributed by atoms with Crippen molar-refractivity contribution in [2.75, 3.05) is 11.1 Å². The van der Waals surface area contributed by atoms with Crippen molar-refractivity contribution in [2.24, 2.45) is 0 Å². The van der Waals surface area contributed by atoms with Crippen LogP contribution < -0.4 is 5.32 Å². The molecule has 9 heteroatoms. The highest BCUT2D eigenvalue weighted by atomic mass is 35.5. The first-order valence-corrected chi connectivity index (χ1v) is 9.07. The second-order valence-electron chi connectivity index (χ2n) is 5.45. The first-order valence-electron chi connectivity index (χ1n) is 7.71. The van der Waals surface area contributed by atoms with Crippen molar-refractivity contribution >= 4 is 46.0 Å². The van der Waals surface area contributed by atoms with Gasteiger partial charge in [-0.25, -0.2) is 4.98 Å². The maximum absolute atomic E-state index is 12.2. The van der Waals surface area contributed by atoms with Gasteiger partial charge in [0.15, 0.2) is 5.82 Å². The number of anilines is 1. The summed E-state index contributed by atoms with van der Waals surface area (Å²) >= 11 is 7.22. The summed E-state index contributed by atoms with van der Waals surface area (Å²) in [5, 5.41) is 11.9. The minimum absolute atomic E-state index is 0.150. The standard InChI is InChI=1S/C17H13ClN6OS/c18-12-2-1-11-7-14(20-13(11)8-12)21-15(25)9-26-17-22-16(23-24-17)10-3-5-19-6-4-10/h1-8,20H,9H2,(H,21,25)(H,22,23,24). The Labute approximate surface area is 157 Å². The number of rotatable bonds is 5. The summed E-state index contributed by atoms with van der Waals surface area (Å²) in [4.78, 5) is 23.6. The highest BCUT2D eigenvalue weighted by Gasteiger charge is 2.10. The quantitative estimate of drug-likeness (QED) is 0.455. The van der Waals surface area contributed by atoms with Gasteiger partial charge in [-0.1, -0.05) is 29.4 Å². The zero-order valence-corrected chi connectivity index (χ0v) is 14.9. The van der Waals surface area contributed by atoms with E-state index >= 15 is 0 Å². The SMILES string of the molecule is O=C(CSc1n[nH]c(-c2ccncc2)n1)Nc1cc2ccc(Cl)cc2[nH]1. The van der Waals surface area contributed by atoms with E-state index < -0.39 is 0 Å². The van der Waals surface area contributed by atoms with E-state index in [9.17, 15) is 4.79 Å². The molecule has 4 rings (SSSR count). The van der Waals surface area contributed by atoms with Crippen molar-refractivity contribution in [3.63, 3.8) is 0 Å². The molecular formula is C17H13ClN6OS. The number of benzene rings is 1. The number of carbonyl (C=O) groups excluding carboxylic acids is 1. The number of aromatic nitrogens is 5. The molecule has 0 aliphatic carbocycles. The molecule has 0 spiro atoms. The molecule has 0 radical (unpaired) electrons. The molecule has 4 aromatic rings. The van der Waals surface area contributed by atoms with Gasteiger partial charge in [-0.2, -0.15) is 0 Å². The van der Waals surface area contributed by atoms with Gasteiger partial charge in [0.05, 0.1) is 5.75 Å². The molecule has 0 saturated carbocycles. The third kappa shape index (κ3) is 3.71. The van der Waals surface area contributed by atoms with Crippen molar-refractivity contribution < 1.29 is 4.79 Å². The molecule has 130 valence electrons. The minimum atomic E-state index is -0.150. The Balaban J connectivity index is 1.37. The van der Waals surface area contributed by atoms with Crippen molar-refractivity contribution in [1.82, 2.24) is 25.1 Å². The van der Waals surface area contributed by atoms with Crippen LogP contribution in [0, 0.1) is 0 Å². The van der Waals surface area contributed by atoms with E-state index in [1.807, 2.05) is 36.4 Å². The maximum atomic E-state index is 12.2. The average Bonchev–Trinajstić information content (AvgIpc) is 3.27. The summed E-state index contributed by atoms with van der Waals surface area (Å²) in [7, 11) is 0. The second-order valence-corrected chi connectivity index (χ2v) is 6.83. The molecule has 0 aliphatic rings. The lowest BCUT2D eigenvalue weighted by molar-refractivity contribution is -0.113. The van der Waals surface area contributed by atoms with E-state index in [0.717, 1.165) is 16.5 Å². The number of H-pyrrole nitrogens is 2. The summed E-state index contributed by atoms with van der Waals surface area (Å²) in [5.74, 6) is 1.31. The van der Waals surface area contributed by atoms with Gasteiger partial charge in [-0.15, -0.1) is 5.10 Å². The summed E-state index contributed by atoms with van der Waals surface area (Å²) in [6.07, 6.45) is 3.37. The molecular weight excluding hydrogens is 372 g/mol. The van der Waals surface area contributed by atoms with Crippen LogP contribution >= 0.6 is 23.4 Å². The normalized spacial score (nSPS) is 11.0. The van der Waals surface area contributed by atoms with E-state index in [2.05, 4.69) is 30.5 Å². The van der Waals surface area contributed by atoms with Crippen molar-refractivity contribution in [2.45, 2.75) is 5.16 Å². The van der Waals surface area contributed by atoms with Gasteiger partial charge in [-0.3, -0.25) is 14.9 Å². The van der Waals surface area contributed by atoms with Gasteiger partial charge < -0.3 is 10.3 Å². The zero-order valence-electron chi connectivity index (χ0n) is 13.4. The summed E-state index contributed by atoms with van der Waals surface area (Å²) in [6.45, 7) is 0. The lowest BCUT2D eigenvalue weighted by Gasteiger charge is -2.00. The van der Waals surface area contributed by atoms with E-state index in [-0.39, 0.29) is 11.7 Å². The number of nitrogens with zero attached hydrogens (tertiary/aromatic N) is 3. The Bertz CT molecular complexity index is 1060. The number of fused-ring (bicyclic) bond motifs is 1. The monoisotopic (exact) mass is 384 g/mol. The minimum Gasteiger partial charge on any atom is -0.341 e. The molecule has 1 amide bonds. The number of carbonyl (C=O) groups is 1. The Morgan fingerprint density at radius 2 is 2.04 bits per heavy atom. The lowest BCUT2D eigenvalue weighted by Crippen LogP contribution is -2.14. The average molecular weight is 385 g/mol.